The highest BCUT2D eigenvalue weighted by atomic mass is 32.2. The summed E-state index contributed by atoms with van der Waals surface area (Å²) in [5.41, 5.74) is 8.66. The van der Waals surface area contributed by atoms with Gasteiger partial charge in [-0.2, -0.15) is 0 Å². The van der Waals surface area contributed by atoms with E-state index in [2.05, 4.69) is 12.1 Å². The molecule has 1 aliphatic carbocycles. The standard InChI is InChI=1S/C14H21NO2S/c1-10(2)18(16,17)8-7-12-9-11-5-3-4-6-13(11)14(12)15/h3-6,10,12,14H,7-9,15H2,1-2H3. The van der Waals surface area contributed by atoms with Crippen molar-refractivity contribution < 1.29 is 8.42 Å². The molecule has 2 rings (SSSR count). The molecule has 18 heavy (non-hydrogen) atoms. The van der Waals surface area contributed by atoms with Crippen molar-refractivity contribution in [2.24, 2.45) is 11.7 Å². The summed E-state index contributed by atoms with van der Waals surface area (Å²) >= 11 is 0. The third-order valence-corrected chi connectivity index (χ3v) is 6.14. The molecule has 100 valence electrons. The van der Waals surface area contributed by atoms with Gasteiger partial charge in [0.1, 0.15) is 0 Å². The number of fused-ring (bicyclic) bond motifs is 1. The number of hydrogen-bond donors (Lipinski definition) is 1. The number of rotatable bonds is 4. The molecule has 0 radical (unpaired) electrons. The zero-order chi connectivity index (χ0) is 13.3. The Balaban J connectivity index is 2.03. The van der Waals surface area contributed by atoms with Crippen molar-refractivity contribution in [1.82, 2.24) is 0 Å². The van der Waals surface area contributed by atoms with Crippen molar-refractivity contribution in [3.63, 3.8) is 0 Å². The lowest BCUT2D eigenvalue weighted by molar-refractivity contribution is 0.450. The van der Waals surface area contributed by atoms with Gasteiger partial charge in [0.25, 0.3) is 0 Å². The van der Waals surface area contributed by atoms with Crippen LogP contribution in [-0.2, 0) is 16.3 Å². The van der Waals surface area contributed by atoms with Crippen LogP contribution in [0.2, 0.25) is 0 Å². The molecule has 0 bridgehead atoms. The average Bonchev–Trinajstić information content (AvgIpc) is 2.64. The summed E-state index contributed by atoms with van der Waals surface area (Å²) in [5, 5.41) is -0.294. The van der Waals surface area contributed by atoms with E-state index in [9.17, 15) is 8.42 Å². The fourth-order valence-corrected chi connectivity index (χ4v) is 3.64. The third kappa shape index (κ3) is 2.59. The summed E-state index contributed by atoms with van der Waals surface area (Å²) < 4.78 is 23.7. The molecule has 0 aliphatic heterocycles. The van der Waals surface area contributed by atoms with Crippen LogP contribution in [0.25, 0.3) is 0 Å². The van der Waals surface area contributed by atoms with Crippen molar-refractivity contribution >= 4 is 9.84 Å². The van der Waals surface area contributed by atoms with Gasteiger partial charge in [-0.3, -0.25) is 0 Å². The van der Waals surface area contributed by atoms with Gasteiger partial charge in [0, 0.05) is 6.04 Å². The maximum atomic E-state index is 11.8. The molecule has 1 aromatic rings. The Morgan fingerprint density at radius 2 is 2.00 bits per heavy atom. The number of benzene rings is 1. The van der Waals surface area contributed by atoms with E-state index in [-0.39, 0.29) is 23.0 Å². The minimum atomic E-state index is -2.95. The second-order valence-corrected chi connectivity index (χ2v) is 8.07. The third-order valence-electron chi connectivity index (χ3n) is 3.90. The Hall–Kier alpha value is -0.870. The van der Waals surface area contributed by atoms with E-state index >= 15 is 0 Å². The van der Waals surface area contributed by atoms with Gasteiger partial charge in [0.15, 0.2) is 9.84 Å². The Morgan fingerprint density at radius 1 is 1.33 bits per heavy atom. The molecule has 2 N–H and O–H groups in total. The highest BCUT2D eigenvalue weighted by Gasteiger charge is 2.30. The van der Waals surface area contributed by atoms with Crippen molar-refractivity contribution in [3.8, 4) is 0 Å². The first-order valence-corrected chi connectivity index (χ1v) is 8.18. The molecular formula is C14H21NO2S. The Kier molecular flexibility index (Phi) is 3.78. The van der Waals surface area contributed by atoms with Gasteiger partial charge in [-0.25, -0.2) is 8.42 Å². The molecule has 0 saturated heterocycles. The van der Waals surface area contributed by atoms with E-state index in [4.69, 9.17) is 5.73 Å². The lowest BCUT2D eigenvalue weighted by atomic mass is 9.99. The number of hydrogen-bond acceptors (Lipinski definition) is 3. The van der Waals surface area contributed by atoms with Crippen LogP contribution in [-0.4, -0.2) is 19.4 Å². The second kappa shape index (κ2) is 5.02. The van der Waals surface area contributed by atoms with E-state index in [0.29, 0.717) is 6.42 Å². The van der Waals surface area contributed by atoms with Crippen LogP contribution in [0.15, 0.2) is 24.3 Å². The Bertz CT molecular complexity index is 522. The van der Waals surface area contributed by atoms with Crippen molar-refractivity contribution in [3.05, 3.63) is 35.4 Å². The molecule has 0 fully saturated rings. The molecular weight excluding hydrogens is 246 g/mol. The maximum Gasteiger partial charge on any atom is 0.152 e. The maximum absolute atomic E-state index is 11.8. The molecule has 1 aliphatic rings. The lowest BCUT2D eigenvalue weighted by Gasteiger charge is -2.16. The van der Waals surface area contributed by atoms with E-state index in [0.717, 1.165) is 6.42 Å². The van der Waals surface area contributed by atoms with Gasteiger partial charge < -0.3 is 5.73 Å². The van der Waals surface area contributed by atoms with Gasteiger partial charge in [0.2, 0.25) is 0 Å². The van der Waals surface area contributed by atoms with Crippen LogP contribution >= 0.6 is 0 Å². The first-order chi connectivity index (χ1) is 8.42. The average molecular weight is 267 g/mol. The first kappa shape index (κ1) is 13.6. The predicted octanol–water partition coefficient (Wildman–Crippen LogP) is 2.07. The summed E-state index contributed by atoms with van der Waals surface area (Å²) in [6.45, 7) is 3.47. The minimum Gasteiger partial charge on any atom is -0.324 e. The lowest BCUT2D eigenvalue weighted by Crippen LogP contribution is -2.23. The SMILES string of the molecule is CC(C)S(=O)(=O)CCC1Cc2ccccc2C1N. The van der Waals surface area contributed by atoms with Gasteiger partial charge in [-0.15, -0.1) is 0 Å². The van der Waals surface area contributed by atoms with E-state index in [1.807, 2.05) is 12.1 Å². The van der Waals surface area contributed by atoms with Crippen LogP contribution in [0, 0.1) is 5.92 Å². The highest BCUT2D eigenvalue weighted by Crippen LogP contribution is 2.36. The molecule has 2 unspecified atom stereocenters. The van der Waals surface area contributed by atoms with E-state index in [1.54, 1.807) is 13.8 Å². The Labute approximate surface area is 109 Å². The molecule has 3 nitrogen and oxygen atoms in total. The molecule has 0 spiro atoms. The number of sulfone groups is 1. The van der Waals surface area contributed by atoms with Crippen LogP contribution in [0.1, 0.15) is 37.4 Å². The molecule has 1 aromatic carbocycles. The van der Waals surface area contributed by atoms with Gasteiger partial charge in [0.05, 0.1) is 11.0 Å². The summed E-state index contributed by atoms with van der Waals surface area (Å²) in [7, 11) is -2.95. The topological polar surface area (TPSA) is 60.2 Å². The minimum absolute atomic E-state index is 0.0106. The predicted molar refractivity (Wildman–Crippen MR) is 74.1 cm³/mol. The second-order valence-electron chi connectivity index (χ2n) is 5.39. The molecule has 0 aromatic heterocycles. The first-order valence-electron chi connectivity index (χ1n) is 6.47. The van der Waals surface area contributed by atoms with Crippen molar-refractivity contribution in [2.45, 2.75) is 38.0 Å². The van der Waals surface area contributed by atoms with Gasteiger partial charge in [-0.1, -0.05) is 24.3 Å². The van der Waals surface area contributed by atoms with Crippen LogP contribution in [0.5, 0.6) is 0 Å². The summed E-state index contributed by atoms with van der Waals surface area (Å²) in [5.74, 6) is 0.507. The smallest absolute Gasteiger partial charge is 0.152 e. The normalized spacial score (nSPS) is 23.3. The molecule has 0 heterocycles. The molecule has 2 atom stereocenters. The van der Waals surface area contributed by atoms with Crippen LogP contribution in [0.3, 0.4) is 0 Å². The van der Waals surface area contributed by atoms with Crippen LogP contribution < -0.4 is 5.73 Å². The monoisotopic (exact) mass is 267 g/mol. The van der Waals surface area contributed by atoms with Crippen molar-refractivity contribution in [1.29, 1.82) is 0 Å². The summed E-state index contributed by atoms with van der Waals surface area (Å²) in [4.78, 5) is 0. The fraction of sp³-hybridized carbons (Fsp3) is 0.571. The van der Waals surface area contributed by atoms with Crippen molar-refractivity contribution in [2.75, 3.05) is 5.75 Å². The summed E-state index contributed by atoms with van der Waals surface area (Å²) in [6.07, 6.45) is 1.57. The van der Waals surface area contributed by atoms with E-state index < -0.39 is 9.84 Å². The highest BCUT2D eigenvalue weighted by molar-refractivity contribution is 7.91. The zero-order valence-corrected chi connectivity index (χ0v) is 11.8. The number of nitrogens with two attached hydrogens (primary N) is 1. The van der Waals surface area contributed by atoms with Crippen LogP contribution in [0.4, 0.5) is 0 Å². The largest absolute Gasteiger partial charge is 0.324 e. The molecule has 0 amide bonds. The zero-order valence-electron chi connectivity index (χ0n) is 11.0. The fourth-order valence-electron chi connectivity index (χ4n) is 2.54. The summed E-state index contributed by atoms with van der Waals surface area (Å²) in [6, 6.07) is 8.14. The quantitative estimate of drug-likeness (QED) is 0.908. The molecule has 4 heteroatoms. The van der Waals surface area contributed by atoms with Gasteiger partial charge >= 0.3 is 0 Å². The van der Waals surface area contributed by atoms with E-state index in [1.165, 1.54) is 11.1 Å². The van der Waals surface area contributed by atoms with Gasteiger partial charge in [-0.05, 0) is 43.7 Å². The molecule has 0 saturated carbocycles. The Morgan fingerprint density at radius 3 is 2.61 bits per heavy atom.